The van der Waals surface area contributed by atoms with Gasteiger partial charge in [-0.25, -0.2) is 0 Å². The zero-order valence-electron chi connectivity index (χ0n) is 11.9. The summed E-state index contributed by atoms with van der Waals surface area (Å²) in [4.78, 5) is 0. The summed E-state index contributed by atoms with van der Waals surface area (Å²) in [6.07, 6.45) is 0.863. The molecular formula is C17H17Cl3O. The highest BCUT2D eigenvalue weighted by Gasteiger charge is 2.10. The van der Waals surface area contributed by atoms with E-state index in [2.05, 4.69) is 0 Å². The van der Waals surface area contributed by atoms with Gasteiger partial charge in [0, 0.05) is 0 Å². The van der Waals surface area contributed by atoms with Gasteiger partial charge in [-0.05, 0) is 55.7 Å². The summed E-state index contributed by atoms with van der Waals surface area (Å²) in [6.45, 7) is 4.01. The number of benzene rings is 2. The highest BCUT2D eigenvalue weighted by molar-refractivity contribution is 6.42. The molecule has 0 amide bonds. The predicted octanol–water partition coefficient (Wildman–Crippen LogP) is 6.30. The Morgan fingerprint density at radius 3 is 2.19 bits per heavy atom. The van der Waals surface area contributed by atoms with Gasteiger partial charge >= 0.3 is 0 Å². The number of rotatable bonds is 5. The lowest BCUT2D eigenvalue weighted by molar-refractivity contribution is 0.242. The van der Waals surface area contributed by atoms with Crippen LogP contribution in [0, 0.1) is 0 Å². The van der Waals surface area contributed by atoms with Crippen molar-refractivity contribution in [3.8, 4) is 5.75 Å². The van der Waals surface area contributed by atoms with Crippen LogP contribution >= 0.6 is 34.8 Å². The molecule has 1 atom stereocenters. The first-order valence-electron chi connectivity index (χ1n) is 6.80. The van der Waals surface area contributed by atoms with Crippen LogP contribution in [0.15, 0.2) is 42.5 Å². The maximum Gasteiger partial charge on any atom is 0.119 e. The van der Waals surface area contributed by atoms with Crippen LogP contribution in [-0.4, -0.2) is 6.10 Å². The molecule has 0 saturated heterocycles. The third kappa shape index (κ3) is 4.81. The Kier molecular flexibility index (Phi) is 5.80. The molecule has 4 heteroatoms. The second-order valence-electron chi connectivity index (χ2n) is 5.16. The first kappa shape index (κ1) is 16.5. The van der Waals surface area contributed by atoms with Crippen LogP contribution in [-0.2, 0) is 6.42 Å². The van der Waals surface area contributed by atoms with Gasteiger partial charge in [-0.2, -0.15) is 0 Å². The number of hydrogen-bond acceptors (Lipinski definition) is 1. The number of ether oxygens (including phenoxy) is 1. The molecule has 2 aromatic carbocycles. The van der Waals surface area contributed by atoms with E-state index in [1.165, 1.54) is 0 Å². The SMILES string of the molecule is CC(C)Oc1ccc(C(Cl)Cc2ccc(Cl)c(Cl)c2)cc1. The largest absolute Gasteiger partial charge is 0.491 e. The van der Waals surface area contributed by atoms with Crippen LogP contribution in [0.1, 0.15) is 30.4 Å². The monoisotopic (exact) mass is 342 g/mol. The van der Waals surface area contributed by atoms with Gasteiger partial charge in [0.1, 0.15) is 5.75 Å². The zero-order valence-corrected chi connectivity index (χ0v) is 14.2. The van der Waals surface area contributed by atoms with Crippen molar-refractivity contribution in [3.63, 3.8) is 0 Å². The van der Waals surface area contributed by atoms with Crippen molar-refractivity contribution >= 4 is 34.8 Å². The summed E-state index contributed by atoms with van der Waals surface area (Å²) >= 11 is 18.4. The molecule has 0 saturated carbocycles. The van der Waals surface area contributed by atoms with Gasteiger partial charge in [0.05, 0.1) is 21.5 Å². The molecule has 0 aliphatic rings. The second-order valence-corrected chi connectivity index (χ2v) is 6.50. The minimum Gasteiger partial charge on any atom is -0.491 e. The molecule has 0 aromatic heterocycles. The van der Waals surface area contributed by atoms with Crippen molar-refractivity contribution < 1.29 is 4.74 Å². The van der Waals surface area contributed by atoms with Crippen LogP contribution < -0.4 is 4.74 Å². The van der Waals surface area contributed by atoms with E-state index in [4.69, 9.17) is 39.5 Å². The standard InChI is InChI=1S/C17H17Cl3O/c1-11(2)21-14-6-4-13(5-7-14)16(19)9-12-3-8-15(18)17(20)10-12/h3-8,10-11,16H,9H2,1-2H3. The maximum absolute atomic E-state index is 6.47. The van der Waals surface area contributed by atoms with Crippen molar-refractivity contribution in [2.75, 3.05) is 0 Å². The topological polar surface area (TPSA) is 9.23 Å². The van der Waals surface area contributed by atoms with Crippen molar-refractivity contribution in [3.05, 3.63) is 63.6 Å². The lowest BCUT2D eigenvalue weighted by Crippen LogP contribution is -2.05. The van der Waals surface area contributed by atoms with Gasteiger partial charge < -0.3 is 4.74 Å². The molecule has 1 nitrogen and oxygen atoms in total. The molecule has 2 rings (SSSR count). The fourth-order valence-electron chi connectivity index (χ4n) is 2.02. The minimum absolute atomic E-state index is 0.115. The van der Waals surface area contributed by atoms with E-state index in [0.29, 0.717) is 16.5 Å². The van der Waals surface area contributed by atoms with Crippen molar-refractivity contribution in [1.29, 1.82) is 0 Å². The third-order valence-corrected chi connectivity index (χ3v) is 4.16. The van der Waals surface area contributed by atoms with Crippen LogP contribution in [0.3, 0.4) is 0 Å². The molecule has 21 heavy (non-hydrogen) atoms. The Morgan fingerprint density at radius 1 is 0.952 bits per heavy atom. The molecule has 2 aromatic rings. The summed E-state index contributed by atoms with van der Waals surface area (Å²) in [5.74, 6) is 0.854. The Morgan fingerprint density at radius 2 is 1.62 bits per heavy atom. The molecule has 0 fully saturated rings. The maximum atomic E-state index is 6.47. The smallest absolute Gasteiger partial charge is 0.119 e. The van der Waals surface area contributed by atoms with Gasteiger partial charge in [-0.3, -0.25) is 0 Å². The Hall–Kier alpha value is -0.890. The molecular weight excluding hydrogens is 327 g/mol. The fourth-order valence-corrected chi connectivity index (χ4v) is 2.66. The number of hydrogen-bond donors (Lipinski definition) is 0. The first-order chi connectivity index (χ1) is 9.95. The van der Waals surface area contributed by atoms with Gasteiger partial charge in [0.25, 0.3) is 0 Å². The quantitative estimate of drug-likeness (QED) is 0.578. The molecule has 0 spiro atoms. The molecule has 0 heterocycles. The summed E-state index contributed by atoms with van der Waals surface area (Å²) in [5, 5.41) is 0.996. The Balaban J connectivity index is 2.05. The summed E-state index contributed by atoms with van der Waals surface area (Å²) in [5.41, 5.74) is 2.12. The van der Waals surface area contributed by atoms with E-state index < -0.39 is 0 Å². The molecule has 112 valence electrons. The fraction of sp³-hybridized carbons (Fsp3) is 0.294. The lowest BCUT2D eigenvalue weighted by Gasteiger charge is -2.13. The molecule has 0 N–H and O–H groups in total. The zero-order chi connectivity index (χ0) is 15.4. The van der Waals surface area contributed by atoms with Gasteiger partial charge in [0.15, 0.2) is 0 Å². The van der Waals surface area contributed by atoms with E-state index in [1.807, 2.05) is 50.2 Å². The van der Waals surface area contributed by atoms with Crippen LogP contribution in [0.2, 0.25) is 10.0 Å². The van der Waals surface area contributed by atoms with Crippen molar-refractivity contribution in [2.45, 2.75) is 31.7 Å². The predicted molar refractivity (Wildman–Crippen MR) is 91.0 cm³/mol. The van der Waals surface area contributed by atoms with E-state index in [-0.39, 0.29) is 11.5 Å². The van der Waals surface area contributed by atoms with Crippen LogP contribution in [0.25, 0.3) is 0 Å². The van der Waals surface area contributed by atoms with Gasteiger partial charge in [-0.15, -0.1) is 11.6 Å². The van der Waals surface area contributed by atoms with Crippen LogP contribution in [0.5, 0.6) is 5.75 Å². The highest BCUT2D eigenvalue weighted by Crippen LogP contribution is 2.29. The highest BCUT2D eigenvalue weighted by atomic mass is 35.5. The number of alkyl halides is 1. The lowest BCUT2D eigenvalue weighted by atomic mass is 10.0. The molecule has 0 bridgehead atoms. The molecule has 0 aliphatic heterocycles. The minimum atomic E-state index is -0.115. The van der Waals surface area contributed by atoms with E-state index >= 15 is 0 Å². The molecule has 0 radical (unpaired) electrons. The number of halogens is 3. The summed E-state index contributed by atoms with van der Waals surface area (Å²) < 4.78 is 5.62. The van der Waals surface area contributed by atoms with Crippen LogP contribution in [0.4, 0.5) is 0 Å². The third-order valence-electron chi connectivity index (χ3n) is 3.01. The summed E-state index contributed by atoms with van der Waals surface area (Å²) in [7, 11) is 0. The Labute approximate surface area is 140 Å². The Bertz CT molecular complexity index is 593. The van der Waals surface area contributed by atoms with Gasteiger partial charge in [0.2, 0.25) is 0 Å². The first-order valence-corrected chi connectivity index (χ1v) is 7.99. The average molecular weight is 344 g/mol. The van der Waals surface area contributed by atoms with Crippen molar-refractivity contribution in [2.24, 2.45) is 0 Å². The van der Waals surface area contributed by atoms with E-state index in [1.54, 1.807) is 6.07 Å². The molecule has 0 aliphatic carbocycles. The normalized spacial score (nSPS) is 12.5. The molecule has 1 unspecified atom stereocenters. The second kappa shape index (κ2) is 7.40. The summed E-state index contributed by atoms with van der Waals surface area (Å²) in [6, 6.07) is 13.5. The van der Waals surface area contributed by atoms with Gasteiger partial charge in [-0.1, -0.05) is 41.4 Å². The average Bonchev–Trinajstić information content (AvgIpc) is 2.43. The van der Waals surface area contributed by atoms with Crippen molar-refractivity contribution in [1.82, 2.24) is 0 Å². The van der Waals surface area contributed by atoms with E-state index in [0.717, 1.165) is 16.9 Å². The van der Waals surface area contributed by atoms with E-state index in [9.17, 15) is 0 Å².